The predicted octanol–water partition coefficient (Wildman–Crippen LogP) is 3.42. The van der Waals surface area contributed by atoms with Gasteiger partial charge in [-0.15, -0.1) is 11.8 Å². The number of aromatic amines is 1. The number of aromatic nitrogens is 3. The maximum absolute atomic E-state index is 13.6. The molecule has 4 aromatic rings. The van der Waals surface area contributed by atoms with Crippen LogP contribution in [0.25, 0.3) is 21.8 Å². The van der Waals surface area contributed by atoms with E-state index >= 15 is 0 Å². The van der Waals surface area contributed by atoms with Crippen LogP contribution < -0.4 is 5.56 Å². The summed E-state index contributed by atoms with van der Waals surface area (Å²) in [6.45, 7) is 2.69. The summed E-state index contributed by atoms with van der Waals surface area (Å²) in [6, 6.07) is 14.8. The molecule has 1 saturated heterocycles. The molecular formula is C23H20N4O2S. The molecule has 0 saturated carbocycles. The van der Waals surface area contributed by atoms with Crippen LogP contribution in [0.3, 0.4) is 0 Å². The Balaban J connectivity index is 1.60. The number of carbonyl (C=O) groups excluding carboxylic acids is 1. The van der Waals surface area contributed by atoms with E-state index in [0.717, 1.165) is 22.2 Å². The van der Waals surface area contributed by atoms with Crippen LogP contribution in [0.15, 0.2) is 59.5 Å². The molecule has 4 heterocycles. The van der Waals surface area contributed by atoms with Crippen molar-refractivity contribution in [3.63, 3.8) is 0 Å². The topological polar surface area (TPSA) is 71.0 Å². The van der Waals surface area contributed by atoms with Gasteiger partial charge < -0.3 is 9.88 Å². The number of hydrogen-bond acceptors (Lipinski definition) is 4. The molecule has 2 aromatic carbocycles. The average Bonchev–Trinajstić information content (AvgIpc) is 3.36. The van der Waals surface area contributed by atoms with Gasteiger partial charge in [-0.1, -0.05) is 30.3 Å². The quantitative estimate of drug-likeness (QED) is 0.544. The summed E-state index contributed by atoms with van der Waals surface area (Å²) in [4.78, 5) is 36.7. The van der Waals surface area contributed by atoms with E-state index in [1.807, 2.05) is 60.5 Å². The second-order valence-electron chi connectivity index (χ2n) is 8.03. The molecule has 150 valence electrons. The number of carbonyl (C=O) groups is 1. The molecule has 0 unspecified atom stereocenters. The first kappa shape index (κ1) is 17.8. The number of para-hydroxylation sites is 2. The second kappa shape index (κ2) is 6.22. The van der Waals surface area contributed by atoms with E-state index in [-0.39, 0.29) is 11.5 Å². The fourth-order valence-corrected chi connectivity index (χ4v) is 6.15. The van der Waals surface area contributed by atoms with E-state index < -0.39 is 10.9 Å². The smallest absolute Gasteiger partial charge is 0.262 e. The zero-order valence-corrected chi connectivity index (χ0v) is 17.3. The molecule has 6 nitrogen and oxygen atoms in total. The minimum atomic E-state index is -0.614. The molecule has 7 heteroatoms. The zero-order chi connectivity index (χ0) is 20.5. The van der Waals surface area contributed by atoms with Crippen molar-refractivity contribution in [2.75, 3.05) is 12.3 Å². The molecule has 2 aromatic heterocycles. The van der Waals surface area contributed by atoms with E-state index in [0.29, 0.717) is 29.7 Å². The first-order valence-corrected chi connectivity index (χ1v) is 11.1. The highest BCUT2D eigenvalue weighted by Crippen LogP contribution is 2.48. The van der Waals surface area contributed by atoms with Gasteiger partial charge in [0, 0.05) is 35.8 Å². The van der Waals surface area contributed by atoms with Gasteiger partial charge >= 0.3 is 0 Å². The summed E-state index contributed by atoms with van der Waals surface area (Å²) in [7, 11) is 0. The highest BCUT2D eigenvalue weighted by molar-refractivity contribution is 8.00. The van der Waals surface area contributed by atoms with Crippen LogP contribution in [0, 0.1) is 0 Å². The van der Waals surface area contributed by atoms with Crippen molar-refractivity contribution in [3.8, 4) is 0 Å². The molecule has 0 aliphatic carbocycles. The largest absolute Gasteiger partial charge is 0.361 e. The summed E-state index contributed by atoms with van der Waals surface area (Å²) in [5.41, 5.74) is 2.61. The highest BCUT2D eigenvalue weighted by atomic mass is 32.2. The third-order valence-electron chi connectivity index (χ3n) is 6.39. The number of benzene rings is 2. The van der Waals surface area contributed by atoms with Gasteiger partial charge in [0.1, 0.15) is 16.7 Å². The third kappa shape index (κ3) is 2.29. The molecule has 6 rings (SSSR count). The van der Waals surface area contributed by atoms with Crippen LogP contribution in [0.4, 0.5) is 0 Å². The van der Waals surface area contributed by atoms with Gasteiger partial charge in [-0.2, -0.15) is 0 Å². The van der Waals surface area contributed by atoms with Crippen LogP contribution in [0.2, 0.25) is 0 Å². The van der Waals surface area contributed by atoms with Crippen LogP contribution in [0.1, 0.15) is 24.4 Å². The van der Waals surface area contributed by atoms with Crippen molar-refractivity contribution in [1.29, 1.82) is 0 Å². The Morgan fingerprint density at radius 1 is 1.13 bits per heavy atom. The maximum atomic E-state index is 13.6. The average molecular weight is 417 g/mol. The van der Waals surface area contributed by atoms with E-state index in [9.17, 15) is 9.59 Å². The number of nitrogens with one attached hydrogen (secondary N) is 1. The Kier molecular flexibility index (Phi) is 3.68. The summed E-state index contributed by atoms with van der Waals surface area (Å²) >= 11 is 1.68. The molecule has 2 atom stereocenters. The van der Waals surface area contributed by atoms with Gasteiger partial charge in [-0.25, -0.2) is 4.98 Å². The number of hydrogen-bond donors (Lipinski definition) is 1. The van der Waals surface area contributed by atoms with Crippen molar-refractivity contribution < 1.29 is 4.79 Å². The van der Waals surface area contributed by atoms with Gasteiger partial charge in [0.15, 0.2) is 0 Å². The van der Waals surface area contributed by atoms with Crippen LogP contribution in [-0.4, -0.2) is 37.6 Å². The lowest BCUT2D eigenvalue weighted by Crippen LogP contribution is -2.55. The van der Waals surface area contributed by atoms with Crippen molar-refractivity contribution >= 4 is 39.5 Å². The molecule has 2 aliphatic heterocycles. The molecule has 1 N–H and O–H groups in total. The maximum Gasteiger partial charge on any atom is 0.262 e. The fourth-order valence-electron chi connectivity index (χ4n) is 4.87. The number of H-pyrrole nitrogens is 1. The zero-order valence-electron chi connectivity index (χ0n) is 16.5. The first-order valence-electron chi connectivity index (χ1n) is 10.1. The lowest BCUT2D eigenvalue weighted by Gasteiger charge is -2.43. The predicted molar refractivity (Wildman–Crippen MR) is 119 cm³/mol. The summed E-state index contributed by atoms with van der Waals surface area (Å²) in [5.74, 6) is 1.52. The number of nitrogens with zero attached hydrogens (tertiary/aromatic N) is 3. The summed E-state index contributed by atoms with van der Waals surface area (Å²) < 4.78 is 1.67. The Hall–Kier alpha value is -3.06. The Bertz CT molecular complexity index is 1390. The molecule has 0 radical (unpaired) electrons. The van der Waals surface area contributed by atoms with E-state index in [4.69, 9.17) is 4.98 Å². The standard InChI is InChI=1S/C23H20N4O2S/c1-23-22-25-18-9-5-3-7-16(18)20(28)27(22)19(21(29)26(23)10-11-30-23)12-14-13-24-17-8-4-2-6-15(14)17/h2-9,13,19,24H,10-12H2,1H3/t19-,23-/m0/s1. The lowest BCUT2D eigenvalue weighted by atomic mass is 9.99. The van der Waals surface area contributed by atoms with E-state index in [2.05, 4.69) is 4.98 Å². The first-order chi connectivity index (χ1) is 14.6. The summed E-state index contributed by atoms with van der Waals surface area (Å²) in [5, 5.41) is 1.64. The van der Waals surface area contributed by atoms with Crippen molar-refractivity contribution in [2.45, 2.75) is 24.3 Å². The van der Waals surface area contributed by atoms with E-state index in [1.165, 1.54) is 0 Å². The Morgan fingerprint density at radius 2 is 1.90 bits per heavy atom. The minimum absolute atomic E-state index is 0.000498. The lowest BCUT2D eigenvalue weighted by molar-refractivity contribution is -0.140. The normalized spacial score (nSPS) is 23.2. The highest BCUT2D eigenvalue weighted by Gasteiger charge is 2.52. The van der Waals surface area contributed by atoms with Crippen molar-refractivity contribution in [2.24, 2.45) is 0 Å². The third-order valence-corrected chi connectivity index (χ3v) is 7.74. The monoisotopic (exact) mass is 416 g/mol. The van der Waals surface area contributed by atoms with Gasteiger partial charge in [0.2, 0.25) is 5.91 Å². The Labute approximate surface area is 176 Å². The number of rotatable bonds is 2. The molecule has 0 bridgehead atoms. The molecule has 2 aliphatic rings. The van der Waals surface area contributed by atoms with Crippen LogP contribution in [0.5, 0.6) is 0 Å². The number of amides is 1. The van der Waals surface area contributed by atoms with Crippen LogP contribution in [-0.2, 0) is 16.1 Å². The van der Waals surface area contributed by atoms with Gasteiger partial charge in [0.25, 0.3) is 5.56 Å². The number of thioether (sulfide) groups is 1. The van der Waals surface area contributed by atoms with Gasteiger partial charge in [-0.05, 0) is 30.7 Å². The van der Waals surface area contributed by atoms with Gasteiger partial charge in [-0.3, -0.25) is 14.2 Å². The SMILES string of the molecule is C[C@@]12SCCN1C(=O)[C@H](Cc1c[nH]c3ccccc13)n1c2nc2ccccc2c1=O. The molecule has 1 amide bonds. The second-order valence-corrected chi connectivity index (χ2v) is 9.52. The molecule has 1 fully saturated rings. The van der Waals surface area contributed by atoms with Crippen LogP contribution >= 0.6 is 11.8 Å². The van der Waals surface area contributed by atoms with Gasteiger partial charge in [0.05, 0.1) is 10.9 Å². The van der Waals surface area contributed by atoms with Crippen molar-refractivity contribution in [1.82, 2.24) is 19.4 Å². The number of fused-ring (bicyclic) bond motifs is 5. The Morgan fingerprint density at radius 3 is 2.77 bits per heavy atom. The minimum Gasteiger partial charge on any atom is -0.361 e. The molecule has 0 spiro atoms. The molecule has 30 heavy (non-hydrogen) atoms. The fraction of sp³-hybridized carbons (Fsp3) is 0.261. The molecular weight excluding hydrogens is 396 g/mol. The van der Waals surface area contributed by atoms with E-state index in [1.54, 1.807) is 22.4 Å². The summed E-state index contributed by atoms with van der Waals surface area (Å²) in [6.07, 6.45) is 2.40. The van der Waals surface area contributed by atoms with Crippen molar-refractivity contribution in [3.05, 3.63) is 76.5 Å².